The summed E-state index contributed by atoms with van der Waals surface area (Å²) in [4.78, 5) is 0. The minimum Gasteiger partial charge on any atom is -0.0819 e. The maximum atomic E-state index is 2.41. The third-order valence-corrected chi connectivity index (χ3v) is 3.49. The molecule has 0 aromatic heterocycles. The van der Waals surface area contributed by atoms with Gasteiger partial charge in [-0.05, 0) is 24.2 Å². The number of hydrogen-bond acceptors (Lipinski definition) is 0. The second-order valence-corrected chi connectivity index (χ2v) is 4.24. The zero-order valence-corrected chi connectivity index (χ0v) is 7.73. The Bertz CT molecular complexity index is 163. The molecule has 0 radical (unpaired) electrons. The van der Waals surface area contributed by atoms with Gasteiger partial charge in [0.2, 0.25) is 0 Å². The molecule has 0 fully saturated rings. The van der Waals surface area contributed by atoms with Crippen LogP contribution in [0.15, 0.2) is 11.6 Å². The molecule has 0 bridgehead atoms. The molecule has 1 rings (SSSR count). The third-order valence-electron chi connectivity index (χ3n) is 3.49. The molecule has 58 valence electrons. The lowest BCUT2D eigenvalue weighted by Crippen LogP contribution is -2.22. The summed E-state index contributed by atoms with van der Waals surface area (Å²) >= 11 is 0. The number of hydrogen-bond donors (Lipinski definition) is 0. The molecule has 0 heterocycles. The largest absolute Gasteiger partial charge is 0.0819 e. The molecule has 0 amide bonds. The van der Waals surface area contributed by atoms with E-state index in [1.54, 1.807) is 5.57 Å². The smallest absolute Gasteiger partial charge is 0.0177 e. The zero-order chi connectivity index (χ0) is 7.94. The normalized spacial score (nSPS) is 37.9. The standard InChI is InChI=1S/C10H18/c1-7-6-8(2)10(4,5)9(7)3/h6,8-9H,1-5H3/t8-,9+/m1/s1. The molecule has 0 heteroatoms. The van der Waals surface area contributed by atoms with E-state index in [2.05, 4.69) is 40.7 Å². The number of rotatable bonds is 0. The molecule has 10 heavy (non-hydrogen) atoms. The SMILES string of the molecule is CC1=C[C@@H](C)C(C)(C)[C@H]1C. The fraction of sp³-hybridized carbons (Fsp3) is 0.800. The van der Waals surface area contributed by atoms with Crippen LogP contribution in [-0.2, 0) is 0 Å². The first-order valence-electron chi connectivity index (χ1n) is 4.14. The van der Waals surface area contributed by atoms with Gasteiger partial charge in [-0.15, -0.1) is 0 Å². The Morgan fingerprint density at radius 1 is 1.30 bits per heavy atom. The minimum absolute atomic E-state index is 0.490. The predicted molar refractivity (Wildman–Crippen MR) is 45.9 cm³/mol. The van der Waals surface area contributed by atoms with E-state index in [0.29, 0.717) is 5.41 Å². The zero-order valence-electron chi connectivity index (χ0n) is 7.73. The van der Waals surface area contributed by atoms with E-state index in [4.69, 9.17) is 0 Å². The summed E-state index contributed by atoms with van der Waals surface area (Å²) < 4.78 is 0. The van der Waals surface area contributed by atoms with Crippen LogP contribution in [0.2, 0.25) is 0 Å². The lowest BCUT2D eigenvalue weighted by Gasteiger charge is -2.29. The summed E-state index contributed by atoms with van der Waals surface area (Å²) in [5, 5.41) is 0. The Labute approximate surface area is 64.3 Å². The van der Waals surface area contributed by atoms with Gasteiger partial charge >= 0.3 is 0 Å². The molecule has 0 nitrogen and oxygen atoms in total. The van der Waals surface area contributed by atoms with Gasteiger partial charge in [0, 0.05) is 0 Å². The van der Waals surface area contributed by atoms with Crippen LogP contribution in [0.3, 0.4) is 0 Å². The first-order chi connectivity index (χ1) is 4.46. The van der Waals surface area contributed by atoms with Crippen molar-refractivity contribution in [2.75, 3.05) is 0 Å². The minimum atomic E-state index is 0.490. The molecule has 0 spiro atoms. The van der Waals surface area contributed by atoms with Gasteiger partial charge in [-0.25, -0.2) is 0 Å². The molecular formula is C10H18. The second-order valence-electron chi connectivity index (χ2n) is 4.24. The van der Waals surface area contributed by atoms with Crippen LogP contribution in [0, 0.1) is 17.3 Å². The van der Waals surface area contributed by atoms with Crippen LogP contribution in [-0.4, -0.2) is 0 Å². The van der Waals surface area contributed by atoms with Gasteiger partial charge in [-0.2, -0.15) is 0 Å². The van der Waals surface area contributed by atoms with Crippen LogP contribution in [0.4, 0.5) is 0 Å². The van der Waals surface area contributed by atoms with Gasteiger partial charge in [-0.1, -0.05) is 39.3 Å². The van der Waals surface area contributed by atoms with E-state index < -0.39 is 0 Å². The van der Waals surface area contributed by atoms with E-state index in [1.165, 1.54) is 0 Å². The first-order valence-corrected chi connectivity index (χ1v) is 4.14. The van der Waals surface area contributed by atoms with Crippen molar-refractivity contribution >= 4 is 0 Å². The molecule has 0 saturated heterocycles. The Morgan fingerprint density at radius 3 is 1.90 bits per heavy atom. The van der Waals surface area contributed by atoms with E-state index in [-0.39, 0.29) is 0 Å². The van der Waals surface area contributed by atoms with Crippen molar-refractivity contribution in [1.29, 1.82) is 0 Å². The highest BCUT2D eigenvalue weighted by molar-refractivity contribution is 5.17. The van der Waals surface area contributed by atoms with Gasteiger partial charge in [0.05, 0.1) is 0 Å². The summed E-state index contributed by atoms with van der Waals surface area (Å²) in [5.74, 6) is 1.52. The van der Waals surface area contributed by atoms with E-state index in [0.717, 1.165) is 11.8 Å². The fourth-order valence-electron chi connectivity index (χ4n) is 1.73. The lowest BCUT2D eigenvalue weighted by molar-refractivity contribution is 0.226. The second kappa shape index (κ2) is 2.11. The topological polar surface area (TPSA) is 0 Å². The summed E-state index contributed by atoms with van der Waals surface area (Å²) in [6.45, 7) is 11.6. The van der Waals surface area contributed by atoms with E-state index in [1.807, 2.05) is 0 Å². The Morgan fingerprint density at radius 2 is 1.80 bits per heavy atom. The van der Waals surface area contributed by atoms with Crippen molar-refractivity contribution < 1.29 is 0 Å². The highest BCUT2D eigenvalue weighted by Gasteiger charge is 2.36. The molecule has 0 aliphatic heterocycles. The van der Waals surface area contributed by atoms with Crippen LogP contribution in [0.25, 0.3) is 0 Å². The average Bonchev–Trinajstić information content (AvgIpc) is 1.97. The Kier molecular flexibility index (Phi) is 1.66. The van der Waals surface area contributed by atoms with Gasteiger partial charge in [0.25, 0.3) is 0 Å². The van der Waals surface area contributed by atoms with Crippen molar-refractivity contribution in [2.24, 2.45) is 17.3 Å². The molecule has 1 aliphatic carbocycles. The van der Waals surface area contributed by atoms with E-state index in [9.17, 15) is 0 Å². The molecule has 0 N–H and O–H groups in total. The van der Waals surface area contributed by atoms with Crippen LogP contribution >= 0.6 is 0 Å². The lowest BCUT2D eigenvalue weighted by atomic mass is 9.75. The molecule has 0 aromatic rings. The molecule has 0 saturated carbocycles. The van der Waals surface area contributed by atoms with Crippen LogP contribution in [0.5, 0.6) is 0 Å². The predicted octanol–water partition coefficient (Wildman–Crippen LogP) is 3.24. The van der Waals surface area contributed by atoms with Gasteiger partial charge in [0.1, 0.15) is 0 Å². The molecule has 1 aliphatic rings. The van der Waals surface area contributed by atoms with Gasteiger partial charge < -0.3 is 0 Å². The fourth-order valence-corrected chi connectivity index (χ4v) is 1.73. The summed E-state index contributed by atoms with van der Waals surface area (Å²) in [7, 11) is 0. The Balaban J connectivity index is 2.87. The molecule has 0 unspecified atom stereocenters. The maximum Gasteiger partial charge on any atom is -0.0177 e. The number of allylic oxidation sites excluding steroid dienone is 2. The van der Waals surface area contributed by atoms with Crippen LogP contribution < -0.4 is 0 Å². The maximum absolute atomic E-state index is 2.41. The molecule has 0 aromatic carbocycles. The van der Waals surface area contributed by atoms with Crippen molar-refractivity contribution in [3.63, 3.8) is 0 Å². The first kappa shape index (κ1) is 7.84. The van der Waals surface area contributed by atoms with Crippen molar-refractivity contribution in [3.05, 3.63) is 11.6 Å². The monoisotopic (exact) mass is 138 g/mol. The third kappa shape index (κ3) is 0.902. The highest BCUT2D eigenvalue weighted by atomic mass is 14.4. The van der Waals surface area contributed by atoms with Crippen molar-refractivity contribution in [2.45, 2.75) is 34.6 Å². The van der Waals surface area contributed by atoms with E-state index >= 15 is 0 Å². The van der Waals surface area contributed by atoms with Gasteiger partial charge in [-0.3, -0.25) is 0 Å². The summed E-state index contributed by atoms with van der Waals surface area (Å²) in [6, 6.07) is 0. The summed E-state index contributed by atoms with van der Waals surface area (Å²) in [5.41, 5.74) is 2.06. The average molecular weight is 138 g/mol. The van der Waals surface area contributed by atoms with Crippen molar-refractivity contribution in [1.82, 2.24) is 0 Å². The van der Waals surface area contributed by atoms with Crippen molar-refractivity contribution in [3.8, 4) is 0 Å². The molecular weight excluding hydrogens is 120 g/mol. The Hall–Kier alpha value is -0.260. The highest BCUT2D eigenvalue weighted by Crippen LogP contribution is 2.45. The molecule has 2 atom stereocenters. The van der Waals surface area contributed by atoms with Crippen LogP contribution in [0.1, 0.15) is 34.6 Å². The summed E-state index contributed by atoms with van der Waals surface area (Å²) in [6.07, 6.45) is 2.41. The van der Waals surface area contributed by atoms with Gasteiger partial charge in [0.15, 0.2) is 0 Å². The quantitative estimate of drug-likeness (QED) is 0.451.